The third-order valence-electron chi connectivity index (χ3n) is 5.46. The Morgan fingerprint density at radius 1 is 1.11 bits per heavy atom. The zero-order chi connectivity index (χ0) is 19.7. The number of carbonyl (C=O) groups excluding carboxylic acids is 2. The Morgan fingerprint density at radius 3 is 2.33 bits per heavy atom. The number of likely N-dealkylation sites (N-methyl/N-ethyl adjacent to an activating group) is 1. The lowest BCUT2D eigenvalue weighted by Crippen LogP contribution is -2.55. The average molecular weight is 377 g/mol. The number of hydrogen-bond donors (Lipinski definition) is 3. The second-order valence-electron chi connectivity index (χ2n) is 7.04. The Hall–Kier alpha value is -2.12. The molecule has 7 heteroatoms. The molecule has 150 valence electrons. The van der Waals surface area contributed by atoms with Crippen molar-refractivity contribution in [2.24, 2.45) is 0 Å². The molecule has 1 aromatic carbocycles. The highest BCUT2D eigenvalue weighted by Gasteiger charge is 2.34. The van der Waals surface area contributed by atoms with Gasteiger partial charge < -0.3 is 25.6 Å². The lowest BCUT2D eigenvalue weighted by atomic mass is 9.82. The van der Waals surface area contributed by atoms with Gasteiger partial charge in [0.2, 0.25) is 0 Å². The minimum Gasteiger partial charge on any atom is -0.465 e. The third-order valence-corrected chi connectivity index (χ3v) is 5.46. The van der Waals surface area contributed by atoms with E-state index >= 15 is 0 Å². The smallest absolute Gasteiger partial charge is 0.337 e. The van der Waals surface area contributed by atoms with E-state index in [4.69, 9.17) is 4.74 Å². The zero-order valence-electron chi connectivity index (χ0n) is 16.6. The molecule has 0 bridgehead atoms. The van der Waals surface area contributed by atoms with Crippen LogP contribution in [0.2, 0.25) is 0 Å². The minimum absolute atomic E-state index is 0.0216. The molecule has 2 amide bonds. The fourth-order valence-electron chi connectivity index (χ4n) is 3.48. The number of amides is 2. The number of rotatable bonds is 8. The summed E-state index contributed by atoms with van der Waals surface area (Å²) in [6, 6.07) is 7.62. The Balaban J connectivity index is 1.84. The van der Waals surface area contributed by atoms with Crippen molar-refractivity contribution in [1.82, 2.24) is 20.9 Å². The van der Waals surface area contributed by atoms with Crippen LogP contribution in [-0.2, 0) is 11.2 Å². The molecule has 1 heterocycles. The van der Waals surface area contributed by atoms with Crippen molar-refractivity contribution in [1.29, 1.82) is 0 Å². The zero-order valence-corrected chi connectivity index (χ0v) is 16.6. The molecule has 27 heavy (non-hydrogen) atoms. The summed E-state index contributed by atoms with van der Waals surface area (Å²) in [4.78, 5) is 25.6. The number of aryl methyl sites for hydroxylation is 1. The number of ether oxygens (including phenoxy) is 1. The van der Waals surface area contributed by atoms with Gasteiger partial charge in [0, 0.05) is 31.7 Å². The largest absolute Gasteiger partial charge is 0.465 e. The summed E-state index contributed by atoms with van der Waals surface area (Å²) < 4.78 is 4.74. The summed E-state index contributed by atoms with van der Waals surface area (Å²) in [5.41, 5.74) is 1.81. The predicted molar refractivity (Wildman–Crippen MR) is 106 cm³/mol. The molecule has 0 spiro atoms. The van der Waals surface area contributed by atoms with Gasteiger partial charge in [0.05, 0.1) is 12.7 Å². The highest BCUT2D eigenvalue weighted by Crippen LogP contribution is 2.27. The molecule has 0 aromatic heterocycles. The first-order chi connectivity index (χ1) is 13.0. The molecule has 2 rings (SSSR count). The van der Waals surface area contributed by atoms with Crippen LogP contribution in [0.3, 0.4) is 0 Å². The van der Waals surface area contributed by atoms with E-state index in [-0.39, 0.29) is 17.5 Å². The number of piperidine rings is 1. The standard InChI is InChI=1S/C20H32N4O3/c1-21-12-13-23-19(26)24-14-10-20(22-2,11-15-24)9-8-16-4-6-17(7-5-16)18(25)27-3/h4-7,21-22H,8-15H2,1-3H3,(H,23,26). The molecule has 1 aromatic rings. The summed E-state index contributed by atoms with van der Waals surface area (Å²) in [5, 5.41) is 9.46. The number of urea groups is 1. The summed E-state index contributed by atoms with van der Waals surface area (Å²) in [7, 11) is 5.26. The summed E-state index contributed by atoms with van der Waals surface area (Å²) in [6.07, 6.45) is 3.79. The maximum Gasteiger partial charge on any atom is 0.337 e. The fourth-order valence-corrected chi connectivity index (χ4v) is 3.48. The first kappa shape index (κ1) is 21.2. The topological polar surface area (TPSA) is 82.7 Å². The van der Waals surface area contributed by atoms with Crippen LogP contribution in [0.5, 0.6) is 0 Å². The van der Waals surface area contributed by atoms with Crippen molar-refractivity contribution in [3.63, 3.8) is 0 Å². The Labute approximate surface area is 161 Å². The number of benzene rings is 1. The lowest BCUT2D eigenvalue weighted by molar-refractivity contribution is 0.0600. The van der Waals surface area contributed by atoms with Gasteiger partial charge in [-0.3, -0.25) is 0 Å². The van der Waals surface area contributed by atoms with E-state index in [0.29, 0.717) is 12.1 Å². The number of nitrogens with one attached hydrogen (secondary N) is 3. The van der Waals surface area contributed by atoms with Crippen molar-refractivity contribution < 1.29 is 14.3 Å². The van der Waals surface area contributed by atoms with Crippen LogP contribution >= 0.6 is 0 Å². The third kappa shape index (κ3) is 5.94. The summed E-state index contributed by atoms with van der Waals surface area (Å²) in [5.74, 6) is -0.311. The molecule has 3 N–H and O–H groups in total. The van der Waals surface area contributed by atoms with Crippen LogP contribution in [-0.4, -0.2) is 69.8 Å². The van der Waals surface area contributed by atoms with Crippen molar-refractivity contribution in [3.8, 4) is 0 Å². The van der Waals surface area contributed by atoms with E-state index in [0.717, 1.165) is 45.3 Å². The molecular formula is C20H32N4O3. The second kappa shape index (κ2) is 10.3. The van der Waals surface area contributed by atoms with Crippen LogP contribution in [0.1, 0.15) is 35.2 Å². The average Bonchev–Trinajstić information content (AvgIpc) is 2.72. The maximum atomic E-state index is 12.2. The second-order valence-corrected chi connectivity index (χ2v) is 7.04. The van der Waals surface area contributed by atoms with E-state index in [1.165, 1.54) is 12.7 Å². The van der Waals surface area contributed by atoms with Crippen LogP contribution in [0, 0.1) is 0 Å². The summed E-state index contributed by atoms with van der Waals surface area (Å²) in [6.45, 7) is 2.93. The van der Waals surface area contributed by atoms with Crippen LogP contribution in [0.4, 0.5) is 4.79 Å². The quantitative estimate of drug-likeness (QED) is 0.472. The first-order valence-corrected chi connectivity index (χ1v) is 9.57. The molecule has 7 nitrogen and oxygen atoms in total. The number of hydrogen-bond acceptors (Lipinski definition) is 5. The molecule has 1 aliphatic rings. The van der Waals surface area contributed by atoms with E-state index in [2.05, 4.69) is 16.0 Å². The number of methoxy groups -OCH3 is 1. The molecule has 0 radical (unpaired) electrons. The van der Waals surface area contributed by atoms with Crippen molar-refractivity contribution in [3.05, 3.63) is 35.4 Å². The highest BCUT2D eigenvalue weighted by molar-refractivity contribution is 5.89. The molecular weight excluding hydrogens is 344 g/mol. The van der Waals surface area contributed by atoms with Crippen molar-refractivity contribution in [2.45, 2.75) is 31.2 Å². The Morgan fingerprint density at radius 2 is 1.78 bits per heavy atom. The monoisotopic (exact) mass is 376 g/mol. The first-order valence-electron chi connectivity index (χ1n) is 9.57. The molecule has 0 aliphatic carbocycles. The van der Waals surface area contributed by atoms with Gasteiger partial charge >= 0.3 is 12.0 Å². The summed E-state index contributed by atoms with van der Waals surface area (Å²) >= 11 is 0. The molecule has 1 aliphatic heterocycles. The predicted octanol–water partition coefficient (Wildman–Crippen LogP) is 1.39. The normalized spacial score (nSPS) is 16.0. The number of esters is 1. The van der Waals surface area contributed by atoms with Gasteiger partial charge in [-0.2, -0.15) is 0 Å². The minimum atomic E-state index is -0.311. The van der Waals surface area contributed by atoms with E-state index in [1.807, 2.05) is 43.3 Å². The van der Waals surface area contributed by atoms with Crippen LogP contribution < -0.4 is 16.0 Å². The van der Waals surface area contributed by atoms with E-state index < -0.39 is 0 Å². The van der Waals surface area contributed by atoms with Gasteiger partial charge in [0.15, 0.2) is 0 Å². The van der Waals surface area contributed by atoms with Crippen molar-refractivity contribution in [2.75, 3.05) is 47.4 Å². The maximum absolute atomic E-state index is 12.2. The SMILES string of the molecule is CNCCNC(=O)N1CCC(CCc2ccc(C(=O)OC)cc2)(NC)CC1. The fraction of sp³-hybridized carbons (Fsp3) is 0.600. The molecule has 1 fully saturated rings. The van der Waals surface area contributed by atoms with E-state index in [1.54, 1.807) is 0 Å². The number of carbonyl (C=O) groups is 2. The van der Waals surface area contributed by atoms with Gasteiger partial charge in [0.1, 0.15) is 0 Å². The van der Waals surface area contributed by atoms with Gasteiger partial charge in [-0.15, -0.1) is 0 Å². The lowest BCUT2D eigenvalue weighted by Gasteiger charge is -2.42. The molecule has 0 atom stereocenters. The van der Waals surface area contributed by atoms with Crippen LogP contribution in [0.25, 0.3) is 0 Å². The Bertz CT molecular complexity index is 610. The van der Waals surface area contributed by atoms with Gasteiger partial charge in [-0.1, -0.05) is 12.1 Å². The number of nitrogens with zero attached hydrogens (tertiary/aromatic N) is 1. The van der Waals surface area contributed by atoms with Crippen molar-refractivity contribution >= 4 is 12.0 Å². The van der Waals surface area contributed by atoms with Gasteiger partial charge in [-0.05, 0) is 57.5 Å². The van der Waals surface area contributed by atoms with Gasteiger partial charge in [-0.25, -0.2) is 9.59 Å². The highest BCUT2D eigenvalue weighted by atomic mass is 16.5. The molecule has 1 saturated heterocycles. The van der Waals surface area contributed by atoms with E-state index in [9.17, 15) is 9.59 Å². The molecule has 0 unspecified atom stereocenters. The van der Waals surface area contributed by atoms with Crippen LogP contribution in [0.15, 0.2) is 24.3 Å². The molecule has 0 saturated carbocycles. The number of likely N-dealkylation sites (tertiary alicyclic amines) is 1. The Kier molecular flexibility index (Phi) is 8.06. The van der Waals surface area contributed by atoms with Gasteiger partial charge in [0.25, 0.3) is 0 Å².